The molecule has 0 aliphatic carbocycles. The molecular weight excluding hydrogens is 386 g/mol. The highest BCUT2D eigenvalue weighted by molar-refractivity contribution is 9.10. The van der Waals surface area contributed by atoms with Gasteiger partial charge in [-0.05, 0) is 34.0 Å². The van der Waals surface area contributed by atoms with Crippen molar-refractivity contribution in [2.45, 2.75) is 25.6 Å². The number of halogens is 1. The highest BCUT2D eigenvalue weighted by Gasteiger charge is 2.67. The molecule has 6 heteroatoms. The second-order valence-electron chi connectivity index (χ2n) is 7.30. The minimum atomic E-state index is -0.724. The van der Waals surface area contributed by atoms with Crippen molar-refractivity contribution >= 4 is 33.5 Å². The number of carbonyl (C=O) groups excluding carboxylic acids is 2. The Balaban J connectivity index is 1.64. The van der Waals surface area contributed by atoms with E-state index >= 15 is 0 Å². The van der Waals surface area contributed by atoms with Crippen LogP contribution in [-0.4, -0.2) is 36.7 Å². The quantitative estimate of drug-likeness (QED) is 0.570. The molecule has 2 fully saturated rings. The first-order chi connectivity index (χ1) is 11.9. The van der Waals surface area contributed by atoms with E-state index in [2.05, 4.69) is 15.9 Å². The summed E-state index contributed by atoms with van der Waals surface area (Å²) in [4.78, 5) is 27.5. The van der Waals surface area contributed by atoms with Crippen molar-refractivity contribution in [2.24, 2.45) is 17.8 Å². The molecule has 1 amide bonds. The van der Waals surface area contributed by atoms with Crippen LogP contribution in [0.25, 0.3) is 0 Å². The van der Waals surface area contributed by atoms with Gasteiger partial charge in [0, 0.05) is 4.47 Å². The van der Waals surface area contributed by atoms with Crippen LogP contribution in [0.15, 0.2) is 40.9 Å². The predicted molar refractivity (Wildman–Crippen MR) is 96.0 cm³/mol. The van der Waals surface area contributed by atoms with Gasteiger partial charge in [0.1, 0.15) is 11.5 Å². The molecule has 3 aliphatic rings. The van der Waals surface area contributed by atoms with Crippen LogP contribution in [0.4, 0.5) is 5.69 Å². The predicted octanol–water partition coefficient (Wildman–Crippen LogP) is 2.93. The smallest absolute Gasteiger partial charge is 0.312 e. The maximum Gasteiger partial charge on any atom is 0.312 e. The van der Waals surface area contributed by atoms with Gasteiger partial charge in [-0.1, -0.05) is 38.1 Å². The fraction of sp³-hybridized carbons (Fsp3) is 0.474. The fourth-order valence-corrected chi connectivity index (χ4v) is 4.49. The van der Waals surface area contributed by atoms with Crippen molar-refractivity contribution in [3.63, 3.8) is 0 Å². The molecule has 0 radical (unpaired) electrons. The number of fused-ring (bicyclic) bond motifs is 1. The second kappa shape index (κ2) is 5.95. The van der Waals surface area contributed by atoms with Crippen LogP contribution < -0.4 is 4.90 Å². The van der Waals surface area contributed by atoms with Crippen LogP contribution in [-0.2, 0) is 19.1 Å². The number of anilines is 1. The number of ether oxygens (including phenoxy) is 2. The van der Waals surface area contributed by atoms with Gasteiger partial charge in [0.15, 0.2) is 0 Å². The molecule has 2 bridgehead atoms. The molecule has 3 heterocycles. The lowest BCUT2D eigenvalue weighted by atomic mass is 9.77. The Kier molecular flexibility index (Phi) is 4.00. The fourth-order valence-electron chi connectivity index (χ4n) is 3.99. The van der Waals surface area contributed by atoms with Crippen molar-refractivity contribution in [2.75, 3.05) is 18.1 Å². The first-order valence-corrected chi connectivity index (χ1v) is 9.32. The van der Waals surface area contributed by atoms with Crippen LogP contribution in [0.5, 0.6) is 0 Å². The molecule has 1 spiro atoms. The van der Waals surface area contributed by atoms with E-state index in [0.717, 1.165) is 10.2 Å². The van der Waals surface area contributed by atoms with Gasteiger partial charge in [0.25, 0.3) is 0 Å². The number of hydrogen-bond donors (Lipinski definition) is 0. The first-order valence-electron chi connectivity index (χ1n) is 8.53. The van der Waals surface area contributed by atoms with Gasteiger partial charge < -0.3 is 14.4 Å². The molecule has 4 rings (SSSR count). The molecule has 1 aromatic rings. The lowest BCUT2D eigenvalue weighted by Gasteiger charge is -2.23. The number of rotatable bonds is 4. The zero-order valence-electron chi connectivity index (χ0n) is 14.1. The van der Waals surface area contributed by atoms with Gasteiger partial charge in [-0.2, -0.15) is 0 Å². The van der Waals surface area contributed by atoms with Crippen molar-refractivity contribution in [1.82, 2.24) is 0 Å². The van der Waals surface area contributed by atoms with Crippen LogP contribution in [0.2, 0.25) is 0 Å². The Morgan fingerprint density at radius 3 is 2.92 bits per heavy atom. The van der Waals surface area contributed by atoms with E-state index in [1.54, 1.807) is 4.90 Å². The van der Waals surface area contributed by atoms with Gasteiger partial charge in [-0.3, -0.25) is 9.59 Å². The lowest BCUT2D eigenvalue weighted by Crippen LogP contribution is -2.40. The monoisotopic (exact) mass is 405 g/mol. The Hall–Kier alpha value is -1.66. The highest BCUT2D eigenvalue weighted by Crippen LogP contribution is 2.53. The lowest BCUT2D eigenvalue weighted by molar-refractivity contribution is -0.153. The number of hydrogen-bond acceptors (Lipinski definition) is 4. The van der Waals surface area contributed by atoms with E-state index in [9.17, 15) is 9.59 Å². The molecule has 0 unspecified atom stereocenters. The summed E-state index contributed by atoms with van der Waals surface area (Å²) in [7, 11) is 0. The summed E-state index contributed by atoms with van der Waals surface area (Å²) in [5.41, 5.74) is 0.0736. The SMILES string of the molecule is CC(C)COC(=O)[C@@H]1[C@H]2C(=O)N(c3ccccc3Br)C[C@@]23C=C[C@H]1O3. The van der Waals surface area contributed by atoms with Gasteiger partial charge in [-0.15, -0.1) is 0 Å². The van der Waals surface area contributed by atoms with E-state index in [1.165, 1.54) is 0 Å². The number of nitrogens with zero attached hydrogens (tertiary/aromatic N) is 1. The van der Waals surface area contributed by atoms with Crippen LogP contribution in [0.1, 0.15) is 13.8 Å². The van der Waals surface area contributed by atoms with Crippen LogP contribution in [0.3, 0.4) is 0 Å². The third-order valence-electron chi connectivity index (χ3n) is 5.07. The molecule has 5 nitrogen and oxygen atoms in total. The molecule has 132 valence electrons. The molecule has 3 aliphatic heterocycles. The number of carbonyl (C=O) groups is 2. The van der Waals surface area contributed by atoms with Crippen molar-refractivity contribution in [1.29, 1.82) is 0 Å². The third kappa shape index (κ3) is 2.54. The number of para-hydroxylation sites is 1. The Labute approximate surface area is 155 Å². The summed E-state index contributed by atoms with van der Waals surface area (Å²) in [5, 5.41) is 0. The van der Waals surface area contributed by atoms with Crippen molar-refractivity contribution in [3.05, 3.63) is 40.9 Å². The number of benzene rings is 1. The summed E-state index contributed by atoms with van der Waals surface area (Å²) in [6.07, 6.45) is 3.48. The van der Waals surface area contributed by atoms with Crippen molar-refractivity contribution in [3.8, 4) is 0 Å². The average molecular weight is 406 g/mol. The van der Waals surface area contributed by atoms with E-state index in [-0.39, 0.29) is 23.9 Å². The van der Waals surface area contributed by atoms with Gasteiger partial charge in [-0.25, -0.2) is 0 Å². The zero-order chi connectivity index (χ0) is 17.8. The summed E-state index contributed by atoms with van der Waals surface area (Å²) in [6.45, 7) is 4.75. The summed E-state index contributed by atoms with van der Waals surface area (Å²) >= 11 is 3.50. The highest BCUT2D eigenvalue weighted by atomic mass is 79.9. The van der Waals surface area contributed by atoms with E-state index in [4.69, 9.17) is 9.47 Å². The van der Waals surface area contributed by atoms with Crippen molar-refractivity contribution < 1.29 is 19.1 Å². The number of amides is 1. The Morgan fingerprint density at radius 1 is 1.44 bits per heavy atom. The normalized spacial score (nSPS) is 32.6. The first kappa shape index (κ1) is 16.8. The average Bonchev–Trinajstić information content (AvgIpc) is 3.21. The molecule has 0 saturated carbocycles. The van der Waals surface area contributed by atoms with Gasteiger partial charge in [0.05, 0.1) is 30.9 Å². The minimum Gasteiger partial charge on any atom is -0.465 e. The molecule has 25 heavy (non-hydrogen) atoms. The minimum absolute atomic E-state index is 0.0785. The van der Waals surface area contributed by atoms with E-state index in [1.807, 2.05) is 50.3 Å². The van der Waals surface area contributed by atoms with Gasteiger partial charge >= 0.3 is 5.97 Å². The summed E-state index contributed by atoms with van der Waals surface area (Å²) in [6, 6.07) is 7.59. The van der Waals surface area contributed by atoms with Crippen LogP contribution >= 0.6 is 15.9 Å². The molecule has 0 N–H and O–H groups in total. The molecular formula is C19H20BrNO4. The topological polar surface area (TPSA) is 55.8 Å². The molecule has 4 atom stereocenters. The van der Waals surface area contributed by atoms with E-state index in [0.29, 0.717) is 13.2 Å². The van der Waals surface area contributed by atoms with Gasteiger partial charge in [0.2, 0.25) is 5.91 Å². The summed E-state index contributed by atoms with van der Waals surface area (Å²) < 4.78 is 12.4. The standard InChI is InChI=1S/C19H20BrNO4/c1-11(2)9-24-18(23)15-14-7-8-19(25-14)10-21(17(22)16(15)19)13-6-4-3-5-12(13)20/h3-8,11,14-16H,9-10H2,1-2H3/t14-,15+,16+,19+/m1/s1. The molecule has 1 aromatic carbocycles. The Bertz CT molecular complexity index is 762. The molecule has 0 aromatic heterocycles. The largest absolute Gasteiger partial charge is 0.465 e. The number of esters is 1. The maximum atomic E-state index is 13.2. The maximum absolute atomic E-state index is 13.2. The van der Waals surface area contributed by atoms with Crippen LogP contribution in [0, 0.1) is 17.8 Å². The zero-order valence-corrected chi connectivity index (χ0v) is 15.7. The molecule has 2 saturated heterocycles. The second-order valence-corrected chi connectivity index (χ2v) is 8.15. The van der Waals surface area contributed by atoms with E-state index < -0.39 is 17.4 Å². The summed E-state index contributed by atoms with van der Waals surface area (Å²) in [5.74, 6) is -1.25. The third-order valence-corrected chi connectivity index (χ3v) is 5.75. The Morgan fingerprint density at radius 2 is 2.20 bits per heavy atom.